The molecule has 1 unspecified atom stereocenters. The lowest BCUT2D eigenvalue weighted by molar-refractivity contribution is 0.281. The first kappa shape index (κ1) is 20.6. The van der Waals surface area contributed by atoms with Gasteiger partial charge in [0.1, 0.15) is 12.2 Å². The predicted molar refractivity (Wildman–Crippen MR) is 118 cm³/mol. The van der Waals surface area contributed by atoms with Gasteiger partial charge in [0.25, 0.3) is 0 Å². The summed E-state index contributed by atoms with van der Waals surface area (Å²) in [6.45, 7) is 13.7. The maximum Gasteiger partial charge on any atom is 0.337 e. The smallest absolute Gasteiger partial charge is 0.320 e. The molecule has 2 heterocycles. The van der Waals surface area contributed by atoms with Gasteiger partial charge in [-0.2, -0.15) is 0 Å². The maximum absolute atomic E-state index is 12.8. The summed E-state index contributed by atoms with van der Waals surface area (Å²) < 4.78 is 5.09. The molecule has 1 aliphatic carbocycles. The molecule has 3 rings (SSSR count). The van der Waals surface area contributed by atoms with E-state index in [4.69, 9.17) is 0 Å². The number of aromatic nitrogens is 5. The molecule has 1 saturated carbocycles. The molecule has 0 N–H and O–H groups in total. The van der Waals surface area contributed by atoms with Crippen LogP contribution in [-0.2, 0) is 7.05 Å². The number of hydrogen-bond acceptors (Lipinski definition) is 3. The van der Waals surface area contributed by atoms with Crippen LogP contribution in [0.2, 0.25) is 0 Å². The lowest BCUT2D eigenvalue weighted by atomic mass is 9.76. The van der Waals surface area contributed by atoms with Crippen LogP contribution in [0, 0.1) is 12.8 Å². The van der Waals surface area contributed by atoms with E-state index in [1.807, 2.05) is 30.7 Å². The van der Waals surface area contributed by atoms with Crippen LogP contribution < -0.4 is 5.69 Å². The molecule has 0 saturated heterocycles. The number of imidazole rings is 1. The van der Waals surface area contributed by atoms with Crippen LogP contribution in [0.4, 0.5) is 0 Å². The third kappa shape index (κ3) is 4.31. The first-order chi connectivity index (χ1) is 14.0. The molecular formula is C23H29N5O. The number of allylic oxidation sites excluding steroid dienone is 6. The molecule has 152 valence electrons. The van der Waals surface area contributed by atoms with Gasteiger partial charge < -0.3 is 4.57 Å². The van der Waals surface area contributed by atoms with Gasteiger partial charge in [-0.05, 0) is 37.0 Å². The standard InChI is InChI=1S/C23H29N5O/c1-6-8-12-27-18(4)15-28(23(27)29)17(3)13-20(7-2)21(14-19-10-9-11-19)22-25-24-16-26(22)5/h6-8,12-13,15-16,19,21H,1-3,9-11,14H2,4-5H3/b12-8-,20-13+. The second kappa shape index (κ2) is 8.90. The molecule has 0 radical (unpaired) electrons. The van der Waals surface area contributed by atoms with E-state index in [2.05, 4.69) is 29.9 Å². The Labute approximate surface area is 171 Å². The summed E-state index contributed by atoms with van der Waals surface area (Å²) in [6, 6.07) is 0. The molecule has 0 spiro atoms. The summed E-state index contributed by atoms with van der Waals surface area (Å²) in [5.41, 5.74) is 2.25. The highest BCUT2D eigenvalue weighted by atomic mass is 16.1. The summed E-state index contributed by atoms with van der Waals surface area (Å²) in [7, 11) is 1.96. The van der Waals surface area contributed by atoms with Gasteiger partial charge in [0.05, 0.1) is 0 Å². The molecule has 2 aromatic rings. The Morgan fingerprint density at radius 2 is 2.14 bits per heavy atom. The molecule has 0 bridgehead atoms. The minimum Gasteiger partial charge on any atom is -0.320 e. The Hall–Kier alpha value is -3.15. The zero-order valence-electron chi connectivity index (χ0n) is 17.3. The fourth-order valence-electron chi connectivity index (χ4n) is 3.73. The minimum absolute atomic E-state index is 0.0709. The Balaban J connectivity index is 1.96. The first-order valence-electron chi connectivity index (χ1n) is 9.93. The fourth-order valence-corrected chi connectivity index (χ4v) is 3.73. The van der Waals surface area contributed by atoms with Crippen molar-refractivity contribution in [1.82, 2.24) is 23.9 Å². The van der Waals surface area contributed by atoms with Crippen molar-refractivity contribution in [1.29, 1.82) is 0 Å². The van der Waals surface area contributed by atoms with Gasteiger partial charge >= 0.3 is 5.69 Å². The number of aryl methyl sites for hydroxylation is 2. The maximum atomic E-state index is 12.8. The van der Waals surface area contributed by atoms with Gasteiger partial charge in [-0.15, -0.1) is 10.2 Å². The van der Waals surface area contributed by atoms with Gasteiger partial charge in [-0.25, -0.2) is 4.79 Å². The third-order valence-corrected chi connectivity index (χ3v) is 5.61. The van der Waals surface area contributed by atoms with E-state index in [1.54, 1.807) is 40.0 Å². The monoisotopic (exact) mass is 391 g/mol. The summed E-state index contributed by atoms with van der Waals surface area (Å²) >= 11 is 0. The van der Waals surface area contributed by atoms with E-state index >= 15 is 0 Å². The Morgan fingerprint density at radius 3 is 2.69 bits per heavy atom. The molecule has 1 aliphatic rings. The molecule has 1 fully saturated rings. The highest BCUT2D eigenvalue weighted by molar-refractivity contribution is 5.58. The summed E-state index contributed by atoms with van der Waals surface area (Å²) in [5.74, 6) is 1.66. The molecule has 6 nitrogen and oxygen atoms in total. The molecular weight excluding hydrogens is 362 g/mol. The quantitative estimate of drug-likeness (QED) is 0.599. The molecule has 1 atom stereocenters. The van der Waals surface area contributed by atoms with Crippen molar-refractivity contribution >= 4 is 11.9 Å². The van der Waals surface area contributed by atoms with Crippen LogP contribution >= 0.6 is 0 Å². The van der Waals surface area contributed by atoms with Crippen LogP contribution in [0.1, 0.15) is 43.1 Å². The van der Waals surface area contributed by atoms with E-state index in [0.29, 0.717) is 11.6 Å². The zero-order valence-corrected chi connectivity index (χ0v) is 17.3. The van der Waals surface area contributed by atoms with Crippen LogP contribution in [0.25, 0.3) is 11.9 Å². The molecule has 2 aromatic heterocycles. The van der Waals surface area contributed by atoms with Crippen LogP contribution in [-0.4, -0.2) is 23.9 Å². The van der Waals surface area contributed by atoms with Crippen molar-refractivity contribution in [3.8, 4) is 0 Å². The Kier molecular flexibility index (Phi) is 6.32. The van der Waals surface area contributed by atoms with Crippen molar-refractivity contribution in [2.75, 3.05) is 0 Å². The van der Waals surface area contributed by atoms with Gasteiger partial charge in [0, 0.05) is 36.8 Å². The number of nitrogens with zero attached hydrogens (tertiary/aromatic N) is 5. The van der Waals surface area contributed by atoms with Crippen molar-refractivity contribution in [2.24, 2.45) is 13.0 Å². The van der Waals surface area contributed by atoms with Crippen molar-refractivity contribution < 1.29 is 0 Å². The molecule has 0 amide bonds. The lowest BCUT2D eigenvalue weighted by Gasteiger charge is -2.30. The van der Waals surface area contributed by atoms with Crippen LogP contribution in [0.3, 0.4) is 0 Å². The lowest BCUT2D eigenvalue weighted by Crippen LogP contribution is -2.21. The van der Waals surface area contributed by atoms with Gasteiger partial charge in [-0.3, -0.25) is 9.13 Å². The topological polar surface area (TPSA) is 57.6 Å². The summed E-state index contributed by atoms with van der Waals surface area (Å²) in [4.78, 5) is 12.8. The number of rotatable bonds is 9. The Morgan fingerprint density at radius 1 is 1.38 bits per heavy atom. The van der Waals surface area contributed by atoms with Gasteiger partial charge in [0.2, 0.25) is 0 Å². The highest BCUT2D eigenvalue weighted by Gasteiger charge is 2.27. The van der Waals surface area contributed by atoms with E-state index in [-0.39, 0.29) is 11.6 Å². The van der Waals surface area contributed by atoms with Gasteiger partial charge in [-0.1, -0.05) is 51.2 Å². The predicted octanol–water partition coefficient (Wildman–Crippen LogP) is 4.30. The highest BCUT2D eigenvalue weighted by Crippen LogP contribution is 2.39. The molecule has 29 heavy (non-hydrogen) atoms. The Bertz CT molecular complexity index is 1030. The second-order valence-corrected chi connectivity index (χ2v) is 7.60. The molecule has 0 aromatic carbocycles. The van der Waals surface area contributed by atoms with E-state index in [0.717, 1.165) is 23.5 Å². The average Bonchev–Trinajstić information content (AvgIpc) is 3.21. The second-order valence-electron chi connectivity index (χ2n) is 7.60. The number of hydrogen-bond donors (Lipinski definition) is 0. The van der Waals surface area contributed by atoms with Crippen LogP contribution in [0.15, 0.2) is 66.9 Å². The van der Waals surface area contributed by atoms with Crippen molar-refractivity contribution in [2.45, 2.75) is 38.5 Å². The van der Waals surface area contributed by atoms with Gasteiger partial charge in [0.15, 0.2) is 0 Å². The zero-order chi connectivity index (χ0) is 21.0. The minimum atomic E-state index is -0.167. The van der Waals surface area contributed by atoms with E-state index in [1.165, 1.54) is 19.3 Å². The van der Waals surface area contributed by atoms with Crippen LogP contribution in [0.5, 0.6) is 0 Å². The van der Waals surface area contributed by atoms with Crippen molar-refractivity contribution in [3.05, 3.63) is 84.1 Å². The SMILES string of the molecule is C=C/C=C\n1c(C)cn(C(=C)/C=C(\C=C)C(CC2CCC2)c2nncn2C)c1=O. The largest absolute Gasteiger partial charge is 0.337 e. The normalized spacial score (nSPS) is 16.0. The molecule has 0 aliphatic heterocycles. The first-order valence-corrected chi connectivity index (χ1v) is 9.93. The average molecular weight is 392 g/mol. The van der Waals surface area contributed by atoms with E-state index in [9.17, 15) is 4.79 Å². The third-order valence-electron chi connectivity index (χ3n) is 5.61. The summed E-state index contributed by atoms with van der Waals surface area (Å²) in [6.07, 6.45) is 17.1. The van der Waals surface area contributed by atoms with Crippen molar-refractivity contribution in [3.63, 3.8) is 0 Å². The summed E-state index contributed by atoms with van der Waals surface area (Å²) in [5, 5.41) is 8.41. The molecule has 6 heteroatoms. The fraction of sp³-hybridized carbons (Fsp3) is 0.348. The van der Waals surface area contributed by atoms with E-state index < -0.39 is 0 Å².